The van der Waals surface area contributed by atoms with E-state index in [0.717, 1.165) is 13.0 Å². The van der Waals surface area contributed by atoms with E-state index in [9.17, 15) is 0 Å². The molecule has 0 rings (SSSR count). The monoisotopic (exact) mass is 699 g/mol. The van der Waals surface area contributed by atoms with E-state index in [-0.39, 0.29) is 18.8 Å². The third-order valence-corrected chi connectivity index (χ3v) is 7.36. The summed E-state index contributed by atoms with van der Waals surface area (Å²) in [5.41, 5.74) is 0. The highest BCUT2D eigenvalue weighted by Gasteiger charge is 2.12. The van der Waals surface area contributed by atoms with Gasteiger partial charge in [0.25, 0.3) is 0 Å². The number of rotatable bonds is 43. The van der Waals surface area contributed by atoms with Crippen LogP contribution in [0.25, 0.3) is 0 Å². The van der Waals surface area contributed by atoms with Gasteiger partial charge in [-0.25, -0.2) is 0 Å². The Hall–Kier alpha value is -0.480. The van der Waals surface area contributed by atoms with Gasteiger partial charge in [-0.2, -0.15) is 0 Å². The smallest absolute Gasteiger partial charge is 0.0807 e. The van der Waals surface area contributed by atoms with Crippen molar-refractivity contribution in [1.29, 1.82) is 0 Å². The maximum atomic E-state index is 8.59. The van der Waals surface area contributed by atoms with Crippen LogP contribution in [-0.4, -0.2) is 156 Å². The average molecular weight is 699 g/mol. The van der Waals surface area contributed by atoms with Gasteiger partial charge in [-0.05, 0) is 20.3 Å². The zero-order valence-corrected chi connectivity index (χ0v) is 31.0. The molecule has 0 amide bonds. The summed E-state index contributed by atoms with van der Waals surface area (Å²) in [7, 11) is 0. The van der Waals surface area contributed by atoms with Crippen LogP contribution in [0.2, 0.25) is 0 Å². The standard InChI is InChI=1S/C36H74O12/c1-4-5-6-7-8-9-10-11-12-13-15-47-35(2)36(3)48-34-33-46-32-31-45-30-29-44-28-27-43-26-25-42-24-23-41-22-21-40-20-19-39-18-17-38-16-14-37/h35-37H,4-34H2,1-3H3. The third kappa shape index (κ3) is 40.0. The minimum absolute atomic E-state index is 0.0279. The molecule has 12 nitrogen and oxygen atoms in total. The predicted octanol–water partition coefficient (Wildman–Crippen LogP) is 4.86. The maximum Gasteiger partial charge on any atom is 0.0807 e. The quantitative estimate of drug-likeness (QED) is 0.0876. The van der Waals surface area contributed by atoms with Gasteiger partial charge in [-0.1, -0.05) is 64.7 Å². The van der Waals surface area contributed by atoms with Crippen LogP contribution >= 0.6 is 0 Å². The van der Waals surface area contributed by atoms with Gasteiger partial charge < -0.3 is 57.2 Å². The first-order chi connectivity index (χ1) is 23.7. The number of hydrogen-bond donors (Lipinski definition) is 1. The fourth-order valence-electron chi connectivity index (χ4n) is 4.35. The Morgan fingerprint density at radius 3 is 0.875 bits per heavy atom. The van der Waals surface area contributed by atoms with Crippen LogP contribution in [0.5, 0.6) is 0 Å². The molecule has 0 fully saturated rings. The van der Waals surface area contributed by atoms with Crippen LogP contribution in [0.3, 0.4) is 0 Å². The molecule has 12 heteroatoms. The highest BCUT2D eigenvalue weighted by atomic mass is 16.6. The highest BCUT2D eigenvalue weighted by Crippen LogP contribution is 2.11. The van der Waals surface area contributed by atoms with E-state index < -0.39 is 0 Å². The van der Waals surface area contributed by atoms with Gasteiger partial charge >= 0.3 is 0 Å². The van der Waals surface area contributed by atoms with Gasteiger partial charge in [0.15, 0.2) is 0 Å². The molecular formula is C36H74O12. The van der Waals surface area contributed by atoms with Crippen LogP contribution in [0.15, 0.2) is 0 Å². The molecule has 0 heterocycles. The van der Waals surface area contributed by atoms with E-state index >= 15 is 0 Å². The molecule has 0 aromatic carbocycles. The van der Waals surface area contributed by atoms with Crippen molar-refractivity contribution in [2.75, 3.05) is 139 Å². The molecule has 0 saturated heterocycles. The molecule has 0 aliphatic heterocycles. The lowest BCUT2D eigenvalue weighted by molar-refractivity contribution is -0.0733. The largest absolute Gasteiger partial charge is 0.394 e. The van der Waals surface area contributed by atoms with Crippen molar-refractivity contribution in [3.8, 4) is 0 Å². The topological polar surface area (TPSA) is 122 Å². The highest BCUT2D eigenvalue weighted by molar-refractivity contribution is 4.60. The van der Waals surface area contributed by atoms with E-state index in [2.05, 4.69) is 20.8 Å². The van der Waals surface area contributed by atoms with Crippen molar-refractivity contribution in [2.45, 2.75) is 97.2 Å². The van der Waals surface area contributed by atoms with Gasteiger partial charge in [0, 0.05) is 6.61 Å². The van der Waals surface area contributed by atoms with Crippen LogP contribution < -0.4 is 0 Å². The second-order valence-electron chi connectivity index (χ2n) is 11.6. The maximum absolute atomic E-state index is 8.59. The van der Waals surface area contributed by atoms with E-state index in [1.54, 1.807) is 0 Å². The Labute approximate surface area is 293 Å². The molecule has 290 valence electrons. The lowest BCUT2D eigenvalue weighted by Gasteiger charge is -2.21. The van der Waals surface area contributed by atoms with Crippen molar-refractivity contribution in [3.05, 3.63) is 0 Å². The van der Waals surface area contributed by atoms with Gasteiger partial charge in [-0.3, -0.25) is 0 Å². The SMILES string of the molecule is CCCCCCCCCCCCOC(C)C(C)OCCOCCOCCOCCOCCOCCOCCOCCOCCOCCO. The number of hydrogen-bond acceptors (Lipinski definition) is 12. The Morgan fingerprint density at radius 2 is 0.562 bits per heavy atom. The molecule has 0 bridgehead atoms. The zero-order chi connectivity index (χ0) is 34.9. The summed E-state index contributed by atoms with van der Waals surface area (Å²) < 4.78 is 60.7. The molecule has 0 spiro atoms. The summed E-state index contributed by atoms with van der Waals surface area (Å²) in [5, 5.41) is 8.59. The molecule has 2 atom stereocenters. The normalized spacial score (nSPS) is 13.0. The molecule has 48 heavy (non-hydrogen) atoms. The van der Waals surface area contributed by atoms with Crippen molar-refractivity contribution in [1.82, 2.24) is 0 Å². The summed E-state index contributed by atoms with van der Waals surface area (Å²) in [6.07, 6.45) is 13.5. The predicted molar refractivity (Wildman–Crippen MR) is 187 cm³/mol. The molecule has 0 aliphatic rings. The van der Waals surface area contributed by atoms with Crippen LogP contribution in [0, 0.1) is 0 Å². The van der Waals surface area contributed by atoms with Crippen LogP contribution in [-0.2, 0) is 52.1 Å². The van der Waals surface area contributed by atoms with E-state index in [0.29, 0.717) is 126 Å². The van der Waals surface area contributed by atoms with E-state index in [1.807, 2.05) is 0 Å². The first-order valence-electron chi connectivity index (χ1n) is 18.8. The molecule has 0 aromatic rings. The Kier molecular flexibility index (Phi) is 42.3. The molecular weight excluding hydrogens is 624 g/mol. The van der Waals surface area contributed by atoms with E-state index in [4.69, 9.17) is 57.2 Å². The summed E-state index contributed by atoms with van der Waals surface area (Å²) in [4.78, 5) is 0. The summed E-state index contributed by atoms with van der Waals surface area (Å²) in [6.45, 7) is 16.9. The van der Waals surface area contributed by atoms with Gasteiger partial charge in [0.2, 0.25) is 0 Å². The lowest BCUT2D eigenvalue weighted by Crippen LogP contribution is -2.28. The Morgan fingerprint density at radius 1 is 0.312 bits per heavy atom. The summed E-state index contributed by atoms with van der Waals surface area (Å²) in [6, 6.07) is 0. The summed E-state index contributed by atoms with van der Waals surface area (Å²) >= 11 is 0. The lowest BCUT2D eigenvalue weighted by atomic mass is 10.1. The fraction of sp³-hybridized carbons (Fsp3) is 1.00. The first kappa shape index (κ1) is 47.5. The first-order valence-corrected chi connectivity index (χ1v) is 18.8. The number of ether oxygens (including phenoxy) is 11. The third-order valence-electron chi connectivity index (χ3n) is 7.36. The number of aliphatic hydroxyl groups excluding tert-OH is 1. The second kappa shape index (κ2) is 42.7. The van der Waals surface area contributed by atoms with Gasteiger partial charge in [-0.15, -0.1) is 0 Å². The minimum atomic E-state index is 0.0279. The number of aliphatic hydroxyl groups is 1. The van der Waals surface area contributed by atoms with Crippen LogP contribution in [0.1, 0.15) is 85.0 Å². The van der Waals surface area contributed by atoms with Crippen LogP contribution in [0.4, 0.5) is 0 Å². The average Bonchev–Trinajstić information content (AvgIpc) is 3.09. The second-order valence-corrected chi connectivity index (χ2v) is 11.6. The molecule has 1 N–H and O–H groups in total. The number of unbranched alkanes of at least 4 members (excludes halogenated alkanes) is 9. The minimum Gasteiger partial charge on any atom is -0.394 e. The summed E-state index contributed by atoms with van der Waals surface area (Å²) in [5.74, 6) is 0. The fourth-order valence-corrected chi connectivity index (χ4v) is 4.35. The Bertz CT molecular complexity index is 575. The Balaban J connectivity index is 3.20. The molecule has 2 unspecified atom stereocenters. The van der Waals surface area contributed by atoms with Crippen molar-refractivity contribution in [2.24, 2.45) is 0 Å². The van der Waals surface area contributed by atoms with Gasteiger partial charge in [0.05, 0.1) is 144 Å². The van der Waals surface area contributed by atoms with Crippen molar-refractivity contribution >= 4 is 0 Å². The molecule has 0 aromatic heterocycles. The van der Waals surface area contributed by atoms with Crippen molar-refractivity contribution < 1.29 is 57.2 Å². The van der Waals surface area contributed by atoms with Gasteiger partial charge in [0.1, 0.15) is 0 Å². The molecule has 0 radical (unpaired) electrons. The zero-order valence-electron chi connectivity index (χ0n) is 31.0. The molecule has 0 aliphatic carbocycles. The molecule has 0 saturated carbocycles. The van der Waals surface area contributed by atoms with E-state index in [1.165, 1.54) is 57.8 Å². The van der Waals surface area contributed by atoms with Crippen molar-refractivity contribution in [3.63, 3.8) is 0 Å².